The third-order valence-corrected chi connectivity index (χ3v) is 26.4. The number of benzene rings is 8. The normalized spacial score (nSPS) is 18.2. The van der Waals surface area contributed by atoms with Crippen LogP contribution in [0.3, 0.4) is 0 Å². The molecular formula is C113H140Cl4N12O21. The number of nitrogens with one attached hydrogen (secondary N) is 1. The van der Waals surface area contributed by atoms with Crippen LogP contribution in [0.5, 0.6) is 46.0 Å². The van der Waals surface area contributed by atoms with Gasteiger partial charge in [-0.15, -0.1) is 0 Å². The van der Waals surface area contributed by atoms with Crippen molar-refractivity contribution in [3.8, 4) is 46.0 Å². The number of amidine groups is 4. The number of halogens is 4. The molecule has 8 aliphatic heterocycles. The fourth-order valence-corrected chi connectivity index (χ4v) is 19.4. The molecule has 7 atom stereocenters. The molecule has 806 valence electrons. The zero-order valence-electron chi connectivity index (χ0n) is 89.4. The van der Waals surface area contributed by atoms with Crippen molar-refractivity contribution in [1.82, 2.24) is 39.6 Å². The Balaban J connectivity index is 0.000000167. The molecule has 8 heterocycles. The first-order valence-electron chi connectivity index (χ1n) is 50.5. The van der Waals surface area contributed by atoms with Crippen molar-refractivity contribution in [1.29, 1.82) is 0 Å². The smallest absolute Gasteiger partial charge is 0.410 e. The number of fused-ring (bicyclic) bond motifs is 8. The monoisotopic (exact) mass is 2140 g/mol. The highest BCUT2D eigenvalue weighted by Crippen LogP contribution is 2.47. The highest BCUT2D eigenvalue weighted by Gasteiger charge is 2.50. The number of piperazine rings is 4. The Morgan fingerprint density at radius 3 is 0.967 bits per heavy atom. The average Bonchev–Trinajstić information content (AvgIpc) is 1.12. The van der Waals surface area contributed by atoms with Crippen molar-refractivity contribution in [2.45, 2.75) is 261 Å². The van der Waals surface area contributed by atoms with Crippen LogP contribution in [0, 0.1) is 10.8 Å². The maximum Gasteiger partial charge on any atom is 0.410 e. The fraction of sp³-hybridized carbons (Fsp3) is 0.478. The first-order chi connectivity index (χ1) is 70.2. The van der Waals surface area contributed by atoms with E-state index in [1.807, 2.05) is 170 Å². The predicted octanol–water partition coefficient (Wildman–Crippen LogP) is 22.3. The first kappa shape index (κ1) is 115. The van der Waals surface area contributed by atoms with Crippen LogP contribution in [0.25, 0.3) is 0 Å². The van der Waals surface area contributed by atoms with Crippen molar-refractivity contribution in [2.75, 3.05) is 78.5 Å². The summed E-state index contributed by atoms with van der Waals surface area (Å²) < 4.78 is 58.8. The second-order valence-corrected chi connectivity index (χ2v) is 46.5. The standard InChI is InChI=1S/C32H42ClN3O6.C30H38ClN3O6.C27H34ClN3O4.C24H26ClN3O5/c1-20(18-31(5,6)39)40-28(37)32(7,8)26-19-35(15-16-36(26)29(38)42-30(2,3)4)27-22-11-9-10-12-24(22)41-25-14-13-21(33)17-23(25)34-27;1-19(17-30(5,6)37)38-26(35)16-21-18-33(13-14-34(21)28(36)40-29(2,3)4)27-22-9-7-8-10-24(22)39-25-12-11-20(31)15-23(25)32-27;1-17(15-26(2,3)33)34-25(32)27(4,5)23-16-31(13-12-29-23)24-19-8-6-7-9-21(19)35-22-11-10-18(28)14-20(22)30-24;1-24(2,3)33-23(31)28-11-10-27(14-16(28)13-21(29)30)22-17-6-4-5-7-19(17)32-20-9-8-15(25)12-18(20)26-22/h9-14,17,20,26,39H,15-16,18-19H2,1-8H3;7-12,15,19,21,37H,13-14,16-18H2,1-6H3;6-11,14,17,23,29,33H,12-13,15-16H2,1-5H3;4-9,12,16H,10-11,13-14H2,1-3H3,(H,29,30)/t20-,26-;19-,21+;17-,23-;16-/m1110/s1. The number of aliphatic imine (C=N–C) groups is 4. The summed E-state index contributed by atoms with van der Waals surface area (Å²) in [6, 6.07) is 50.0. The zero-order chi connectivity index (χ0) is 109. The minimum absolute atomic E-state index is 0.0419. The Hall–Kier alpha value is -12.5. The Bertz CT molecular complexity index is 6390. The lowest BCUT2D eigenvalue weighted by Crippen LogP contribution is -2.63. The number of para-hydroxylation sites is 4. The van der Waals surface area contributed by atoms with E-state index in [-0.39, 0.29) is 44.4 Å². The number of hydrogen-bond acceptors (Lipinski definition) is 29. The molecule has 0 aliphatic carbocycles. The number of carboxylic acid groups (broad SMARTS) is 1. The number of carboxylic acids is 1. The Kier molecular flexibility index (Phi) is 36.1. The van der Waals surface area contributed by atoms with Crippen LogP contribution in [0.1, 0.15) is 207 Å². The number of nitrogens with zero attached hydrogens (tertiary/aromatic N) is 11. The fourth-order valence-electron chi connectivity index (χ4n) is 18.7. The molecule has 3 amide bonds. The number of aliphatic hydroxyl groups is 3. The number of amides is 3. The number of rotatable bonds is 17. The summed E-state index contributed by atoms with van der Waals surface area (Å²) in [5.41, 5.74) is -1.22. The lowest BCUT2D eigenvalue weighted by molar-refractivity contribution is -0.166. The maximum absolute atomic E-state index is 13.7. The molecule has 4 saturated heterocycles. The van der Waals surface area contributed by atoms with Gasteiger partial charge in [-0.1, -0.05) is 94.9 Å². The molecule has 0 aromatic heterocycles. The summed E-state index contributed by atoms with van der Waals surface area (Å²) >= 11 is 25.1. The number of ether oxygens (including phenoxy) is 10. The molecule has 8 aromatic rings. The van der Waals surface area contributed by atoms with E-state index in [2.05, 4.69) is 20.0 Å². The van der Waals surface area contributed by atoms with Crippen LogP contribution >= 0.6 is 46.4 Å². The van der Waals surface area contributed by atoms with E-state index < -0.39 is 117 Å². The molecule has 150 heavy (non-hydrogen) atoms. The number of aliphatic carboxylic acids is 1. The van der Waals surface area contributed by atoms with Gasteiger partial charge in [0.05, 0.1) is 80.9 Å². The minimum Gasteiger partial charge on any atom is -0.481 e. The SMILES string of the molecule is CC(C)(C)OC(=O)N1CCN(C2=Nc3cc(Cl)ccc3Oc3ccccc32)C[C@@H]1CC(=O)O.C[C@H](CC(C)(C)O)OC(=O)C(C)(C)[C@H]1CN(C2=Nc3cc(Cl)ccc3Oc3ccccc32)CCN1.C[C@H](CC(C)(C)O)OC(=O)C(C)(C)[C@H]1CN(C2=Nc3cc(Cl)ccc3Oc3ccccc32)CCN1C(=O)OC(C)(C)C.C[C@H](CC(C)(C)O)OC(=O)C[C@H]1CN(C2=Nc3cc(Cl)ccc3Oc3ccccc32)CCN1C(=O)OC(C)(C)C. The molecule has 0 radical (unpaired) electrons. The highest BCUT2D eigenvalue weighted by molar-refractivity contribution is 6.32. The summed E-state index contributed by atoms with van der Waals surface area (Å²) in [5, 5.41) is 45.6. The Morgan fingerprint density at radius 2 is 0.647 bits per heavy atom. The molecule has 0 unspecified atom stereocenters. The number of hydrogen-bond donors (Lipinski definition) is 5. The van der Waals surface area contributed by atoms with Gasteiger partial charge < -0.3 is 107 Å². The van der Waals surface area contributed by atoms with E-state index >= 15 is 0 Å². The molecule has 8 aromatic carbocycles. The van der Waals surface area contributed by atoms with Crippen LogP contribution in [0.2, 0.25) is 20.1 Å². The summed E-state index contributed by atoms with van der Waals surface area (Å²) in [4.78, 5) is 124. The van der Waals surface area contributed by atoms with Gasteiger partial charge in [-0.2, -0.15) is 0 Å². The topological polar surface area (TPSA) is 377 Å². The number of esters is 3. The van der Waals surface area contributed by atoms with E-state index in [1.165, 1.54) is 4.90 Å². The second kappa shape index (κ2) is 47.2. The van der Waals surface area contributed by atoms with Gasteiger partial charge in [0, 0.05) is 124 Å². The van der Waals surface area contributed by atoms with Crippen molar-refractivity contribution >= 4 is 135 Å². The van der Waals surface area contributed by atoms with Crippen LogP contribution in [-0.2, 0) is 47.6 Å². The average molecular weight is 2140 g/mol. The van der Waals surface area contributed by atoms with Crippen LogP contribution in [0.15, 0.2) is 190 Å². The van der Waals surface area contributed by atoms with E-state index in [9.17, 15) is 54.0 Å². The molecule has 5 N–H and O–H groups in total. The van der Waals surface area contributed by atoms with Crippen molar-refractivity contribution < 1.29 is 101 Å². The van der Waals surface area contributed by atoms with Gasteiger partial charge >= 0.3 is 42.2 Å². The van der Waals surface area contributed by atoms with E-state index in [0.717, 1.165) is 40.4 Å². The zero-order valence-corrected chi connectivity index (χ0v) is 92.4. The molecule has 0 spiro atoms. The van der Waals surface area contributed by atoms with Gasteiger partial charge in [0.15, 0.2) is 23.0 Å². The van der Waals surface area contributed by atoms with Crippen molar-refractivity contribution in [2.24, 2.45) is 30.8 Å². The van der Waals surface area contributed by atoms with Gasteiger partial charge in [-0.05, 0) is 274 Å². The third kappa shape index (κ3) is 30.7. The van der Waals surface area contributed by atoms with Gasteiger partial charge in [-0.3, -0.25) is 19.2 Å². The Labute approximate surface area is 898 Å². The van der Waals surface area contributed by atoms with Crippen LogP contribution < -0.4 is 24.3 Å². The number of carbonyl (C=O) groups excluding carboxylic acids is 6. The second-order valence-electron chi connectivity index (χ2n) is 44.7. The molecule has 0 bridgehead atoms. The molecule has 8 aliphatic rings. The van der Waals surface area contributed by atoms with Gasteiger partial charge in [-0.25, -0.2) is 34.4 Å². The summed E-state index contributed by atoms with van der Waals surface area (Å²) in [6.07, 6.45) is -2.22. The summed E-state index contributed by atoms with van der Waals surface area (Å²) in [7, 11) is 0. The van der Waals surface area contributed by atoms with Gasteiger partial charge in [0.2, 0.25) is 0 Å². The quantitative estimate of drug-likeness (QED) is 0.0417. The van der Waals surface area contributed by atoms with E-state index in [0.29, 0.717) is 172 Å². The lowest BCUT2D eigenvalue weighted by atomic mass is 9.81. The Morgan fingerprint density at radius 1 is 0.360 bits per heavy atom. The van der Waals surface area contributed by atoms with Crippen molar-refractivity contribution in [3.05, 3.63) is 212 Å². The minimum atomic E-state index is -1.13. The van der Waals surface area contributed by atoms with Gasteiger partial charge in [0.1, 0.15) is 104 Å². The largest absolute Gasteiger partial charge is 0.481 e. The molecule has 16 rings (SSSR count). The molecule has 4 fully saturated rings. The summed E-state index contributed by atoms with van der Waals surface area (Å²) in [5.74, 6) is 5.58. The van der Waals surface area contributed by atoms with Crippen LogP contribution in [0.4, 0.5) is 37.1 Å². The molecule has 33 nitrogen and oxygen atoms in total. The third-order valence-electron chi connectivity index (χ3n) is 25.5. The first-order valence-corrected chi connectivity index (χ1v) is 52.0. The van der Waals surface area contributed by atoms with E-state index in [4.69, 9.17) is 114 Å². The summed E-state index contributed by atoms with van der Waals surface area (Å²) in [6.45, 7) is 44.1. The van der Waals surface area contributed by atoms with Crippen LogP contribution in [-0.4, -0.2) is 275 Å². The predicted molar refractivity (Wildman–Crippen MR) is 579 cm³/mol. The maximum atomic E-state index is 13.7. The number of carbonyl (C=O) groups is 7. The van der Waals surface area contributed by atoms with Crippen molar-refractivity contribution in [3.63, 3.8) is 0 Å². The highest BCUT2D eigenvalue weighted by atomic mass is 35.5. The molecule has 37 heteroatoms. The molecule has 0 saturated carbocycles. The lowest BCUT2D eigenvalue weighted by Gasteiger charge is -2.48. The molecular weight excluding hydrogens is 2000 g/mol. The van der Waals surface area contributed by atoms with E-state index in [1.54, 1.807) is 167 Å². The van der Waals surface area contributed by atoms with Gasteiger partial charge in [0.25, 0.3) is 0 Å².